The number of halogens is 2. The van der Waals surface area contributed by atoms with Crippen molar-refractivity contribution in [3.8, 4) is 0 Å². The van der Waals surface area contributed by atoms with Crippen LogP contribution in [0.15, 0.2) is 18.2 Å². The Balaban J connectivity index is 2.05. The molecule has 0 aliphatic carbocycles. The molecule has 2 N–H and O–H groups in total. The highest BCUT2D eigenvalue weighted by atomic mass is 35.5. The molecule has 1 aromatic carbocycles. The Morgan fingerprint density at radius 3 is 2.95 bits per heavy atom. The minimum absolute atomic E-state index is 0.0111. The lowest BCUT2D eigenvalue weighted by molar-refractivity contribution is -0.132. The Bertz CT molecular complexity index is 475. The number of carbonyl (C=O) groups is 1. The molecule has 0 aromatic heterocycles. The molecule has 1 heterocycles. The molecule has 2 atom stereocenters. The average molecular weight is 299 g/mol. The van der Waals surface area contributed by atoms with Crippen LogP contribution in [0.3, 0.4) is 0 Å². The topological polar surface area (TPSA) is 46.3 Å². The van der Waals surface area contributed by atoms with E-state index >= 15 is 0 Å². The van der Waals surface area contributed by atoms with Crippen LogP contribution in [0.2, 0.25) is 5.02 Å². The van der Waals surface area contributed by atoms with Gasteiger partial charge in [-0.25, -0.2) is 4.39 Å². The second kappa shape index (κ2) is 6.55. The van der Waals surface area contributed by atoms with Gasteiger partial charge in [0.15, 0.2) is 0 Å². The molecule has 1 aliphatic heterocycles. The Kier molecular flexibility index (Phi) is 5.00. The lowest BCUT2D eigenvalue weighted by Gasteiger charge is -2.36. The summed E-state index contributed by atoms with van der Waals surface area (Å²) in [7, 11) is 0. The average Bonchev–Trinajstić information content (AvgIpc) is 2.43. The van der Waals surface area contributed by atoms with Gasteiger partial charge in [-0.3, -0.25) is 4.79 Å². The Morgan fingerprint density at radius 1 is 1.55 bits per heavy atom. The van der Waals surface area contributed by atoms with Crippen molar-refractivity contribution < 1.29 is 9.18 Å². The van der Waals surface area contributed by atoms with E-state index in [1.54, 1.807) is 17.0 Å². The molecule has 1 fully saturated rings. The van der Waals surface area contributed by atoms with E-state index in [0.29, 0.717) is 24.0 Å². The molecule has 0 spiro atoms. The molecule has 5 heteroatoms. The summed E-state index contributed by atoms with van der Waals surface area (Å²) in [6.07, 6.45) is 1.76. The molecule has 0 bridgehead atoms. The molecular weight excluding hydrogens is 279 g/mol. The second-order valence-electron chi connectivity index (χ2n) is 5.34. The molecule has 2 rings (SSSR count). The maximum Gasteiger partial charge on any atom is 0.227 e. The summed E-state index contributed by atoms with van der Waals surface area (Å²) in [5.41, 5.74) is 6.31. The molecule has 1 saturated heterocycles. The van der Waals surface area contributed by atoms with Crippen LogP contribution in [0.5, 0.6) is 0 Å². The molecule has 0 radical (unpaired) electrons. The van der Waals surface area contributed by atoms with E-state index in [4.69, 9.17) is 17.3 Å². The first-order chi connectivity index (χ1) is 9.52. The van der Waals surface area contributed by atoms with Crippen LogP contribution in [0, 0.1) is 11.7 Å². The van der Waals surface area contributed by atoms with Gasteiger partial charge < -0.3 is 10.6 Å². The number of hydrogen-bond donors (Lipinski definition) is 1. The van der Waals surface area contributed by atoms with Crippen LogP contribution < -0.4 is 5.73 Å². The van der Waals surface area contributed by atoms with Crippen LogP contribution in [-0.4, -0.2) is 29.9 Å². The van der Waals surface area contributed by atoms with E-state index in [1.165, 1.54) is 6.07 Å². The monoisotopic (exact) mass is 298 g/mol. The standard InChI is InChI=1S/C15H20ClFN2O/c1-2-10-9-19(7-6-14(10)18)15(20)8-11-12(16)4-3-5-13(11)17/h3-5,10,14H,2,6-9,18H2,1H3. The van der Waals surface area contributed by atoms with Gasteiger partial charge in [0, 0.05) is 29.7 Å². The third-order valence-electron chi connectivity index (χ3n) is 4.06. The zero-order valence-electron chi connectivity index (χ0n) is 11.6. The lowest BCUT2D eigenvalue weighted by atomic mass is 9.90. The third-order valence-corrected chi connectivity index (χ3v) is 4.41. The zero-order valence-corrected chi connectivity index (χ0v) is 12.4. The van der Waals surface area contributed by atoms with Gasteiger partial charge in [-0.15, -0.1) is 0 Å². The summed E-state index contributed by atoms with van der Waals surface area (Å²) < 4.78 is 13.7. The van der Waals surface area contributed by atoms with Crippen molar-refractivity contribution >= 4 is 17.5 Å². The van der Waals surface area contributed by atoms with Crippen LogP contribution >= 0.6 is 11.6 Å². The predicted molar refractivity (Wildman–Crippen MR) is 78.1 cm³/mol. The van der Waals surface area contributed by atoms with Crippen molar-refractivity contribution in [2.45, 2.75) is 32.2 Å². The van der Waals surface area contributed by atoms with Gasteiger partial charge in [0.2, 0.25) is 5.91 Å². The summed E-state index contributed by atoms with van der Waals surface area (Å²) >= 11 is 5.96. The highest BCUT2D eigenvalue weighted by Crippen LogP contribution is 2.23. The molecular formula is C15H20ClFN2O. The van der Waals surface area contributed by atoms with Gasteiger partial charge >= 0.3 is 0 Å². The Hall–Kier alpha value is -1.13. The number of nitrogens with two attached hydrogens (primary N) is 1. The van der Waals surface area contributed by atoms with Gasteiger partial charge in [-0.05, 0) is 24.5 Å². The molecule has 1 amide bonds. The van der Waals surface area contributed by atoms with Crippen molar-refractivity contribution in [2.24, 2.45) is 11.7 Å². The number of carbonyl (C=O) groups excluding carboxylic acids is 1. The summed E-state index contributed by atoms with van der Waals surface area (Å²) in [6.45, 7) is 3.37. The fourth-order valence-electron chi connectivity index (χ4n) is 2.67. The van der Waals surface area contributed by atoms with Crippen molar-refractivity contribution in [3.05, 3.63) is 34.6 Å². The first kappa shape index (κ1) is 15.3. The summed E-state index contributed by atoms with van der Waals surface area (Å²) in [5, 5.41) is 0.305. The maximum absolute atomic E-state index is 13.7. The summed E-state index contributed by atoms with van der Waals surface area (Å²) in [6, 6.07) is 4.63. The van der Waals surface area contributed by atoms with E-state index in [1.807, 2.05) is 0 Å². The van der Waals surface area contributed by atoms with Crippen molar-refractivity contribution in [3.63, 3.8) is 0 Å². The fraction of sp³-hybridized carbons (Fsp3) is 0.533. The van der Waals surface area contributed by atoms with Crippen LogP contribution in [0.25, 0.3) is 0 Å². The van der Waals surface area contributed by atoms with Gasteiger partial charge in [0.05, 0.1) is 6.42 Å². The third kappa shape index (κ3) is 3.30. The number of amides is 1. The minimum atomic E-state index is -0.424. The molecule has 1 aromatic rings. The van der Waals surface area contributed by atoms with Crippen molar-refractivity contribution in [2.75, 3.05) is 13.1 Å². The number of benzene rings is 1. The largest absolute Gasteiger partial charge is 0.342 e. The predicted octanol–water partition coefficient (Wildman–Crippen LogP) is 2.61. The molecule has 1 aliphatic rings. The van der Waals surface area contributed by atoms with Gasteiger partial charge in [-0.2, -0.15) is 0 Å². The molecule has 20 heavy (non-hydrogen) atoms. The number of likely N-dealkylation sites (tertiary alicyclic amines) is 1. The first-order valence-corrected chi connectivity index (χ1v) is 7.37. The maximum atomic E-state index is 13.7. The van der Waals surface area contributed by atoms with E-state index < -0.39 is 5.82 Å². The van der Waals surface area contributed by atoms with E-state index in [9.17, 15) is 9.18 Å². The molecule has 110 valence electrons. The van der Waals surface area contributed by atoms with Crippen LogP contribution in [0.4, 0.5) is 4.39 Å². The molecule has 0 saturated carbocycles. The summed E-state index contributed by atoms with van der Waals surface area (Å²) in [5.74, 6) is -0.183. The number of hydrogen-bond acceptors (Lipinski definition) is 2. The van der Waals surface area contributed by atoms with Gasteiger partial charge in [0.25, 0.3) is 0 Å². The van der Waals surface area contributed by atoms with E-state index in [2.05, 4.69) is 6.92 Å². The van der Waals surface area contributed by atoms with Crippen LogP contribution in [0.1, 0.15) is 25.3 Å². The molecule has 3 nitrogen and oxygen atoms in total. The number of piperidine rings is 1. The van der Waals surface area contributed by atoms with E-state index in [0.717, 1.165) is 12.8 Å². The second-order valence-corrected chi connectivity index (χ2v) is 5.74. The van der Waals surface area contributed by atoms with Crippen LogP contribution in [-0.2, 0) is 11.2 Å². The quantitative estimate of drug-likeness (QED) is 0.932. The first-order valence-electron chi connectivity index (χ1n) is 6.99. The Morgan fingerprint density at radius 2 is 2.30 bits per heavy atom. The zero-order chi connectivity index (χ0) is 14.7. The van der Waals surface area contributed by atoms with Crippen molar-refractivity contribution in [1.82, 2.24) is 4.90 Å². The normalized spacial score (nSPS) is 22.9. The van der Waals surface area contributed by atoms with Crippen molar-refractivity contribution in [1.29, 1.82) is 0 Å². The lowest BCUT2D eigenvalue weighted by Crippen LogP contribution is -2.49. The Labute approximate surface area is 123 Å². The summed E-state index contributed by atoms with van der Waals surface area (Å²) in [4.78, 5) is 14.1. The smallest absolute Gasteiger partial charge is 0.227 e. The van der Waals surface area contributed by atoms with Gasteiger partial charge in [-0.1, -0.05) is 31.0 Å². The van der Waals surface area contributed by atoms with Gasteiger partial charge in [0.1, 0.15) is 5.82 Å². The minimum Gasteiger partial charge on any atom is -0.342 e. The highest BCUT2D eigenvalue weighted by molar-refractivity contribution is 6.31. The SMILES string of the molecule is CCC1CN(C(=O)Cc2c(F)cccc2Cl)CCC1N. The highest BCUT2D eigenvalue weighted by Gasteiger charge is 2.28. The fourth-order valence-corrected chi connectivity index (χ4v) is 2.90. The van der Waals surface area contributed by atoms with E-state index in [-0.39, 0.29) is 23.9 Å². The number of nitrogens with zero attached hydrogens (tertiary/aromatic N) is 1. The number of rotatable bonds is 3. The molecule has 2 unspecified atom stereocenters.